The van der Waals surface area contributed by atoms with Crippen molar-refractivity contribution >= 4 is 22.9 Å². The van der Waals surface area contributed by atoms with Crippen molar-refractivity contribution < 1.29 is 9.72 Å². The van der Waals surface area contributed by atoms with E-state index in [-0.39, 0.29) is 17.5 Å². The Morgan fingerprint density at radius 1 is 1.07 bits per heavy atom. The summed E-state index contributed by atoms with van der Waals surface area (Å²) in [6.45, 7) is 4.21. The summed E-state index contributed by atoms with van der Waals surface area (Å²) in [5.41, 5.74) is 4.20. The van der Waals surface area contributed by atoms with Crippen molar-refractivity contribution in [1.29, 1.82) is 0 Å². The van der Waals surface area contributed by atoms with E-state index in [9.17, 15) is 14.9 Å². The van der Waals surface area contributed by atoms with Crippen molar-refractivity contribution in [2.45, 2.75) is 51.9 Å². The number of non-ortho nitro benzene ring substituents is 1. The number of rotatable bonds is 10. The normalized spacial score (nSPS) is 13.3. The van der Waals surface area contributed by atoms with Gasteiger partial charge >= 0.3 is 0 Å². The van der Waals surface area contributed by atoms with Crippen molar-refractivity contribution in [3.63, 3.8) is 0 Å². The number of unbranched alkanes of at least 4 members (excludes halogenated alkanes) is 3. The van der Waals surface area contributed by atoms with E-state index in [0.717, 1.165) is 59.7 Å². The molecule has 0 spiro atoms. The van der Waals surface area contributed by atoms with Crippen LogP contribution < -0.4 is 0 Å². The lowest BCUT2D eigenvalue weighted by molar-refractivity contribution is -0.384. The van der Waals surface area contributed by atoms with E-state index >= 15 is 0 Å². The summed E-state index contributed by atoms with van der Waals surface area (Å²) in [4.78, 5) is 26.3. The Hall–Kier alpha value is -2.95. The zero-order valence-electron chi connectivity index (χ0n) is 17.1. The topological polar surface area (TPSA) is 76.0 Å². The first kappa shape index (κ1) is 20.8. The molecule has 1 aromatic heterocycles. The molecule has 5 heteroatoms. The molecule has 1 heterocycles. The lowest BCUT2D eigenvalue weighted by Gasteiger charge is -2.24. The van der Waals surface area contributed by atoms with Crippen LogP contribution >= 0.6 is 0 Å². The molecule has 3 rings (SSSR count). The summed E-state index contributed by atoms with van der Waals surface area (Å²) < 4.78 is 0. The second kappa shape index (κ2) is 9.50. The van der Waals surface area contributed by atoms with Crippen LogP contribution in [0.5, 0.6) is 0 Å². The fourth-order valence-corrected chi connectivity index (χ4v) is 4.25. The van der Waals surface area contributed by atoms with Gasteiger partial charge in [0.05, 0.1) is 4.92 Å². The number of aromatic amines is 1. The molecule has 0 saturated heterocycles. The third-order valence-corrected chi connectivity index (χ3v) is 5.71. The summed E-state index contributed by atoms with van der Waals surface area (Å²) in [7, 11) is 0. The summed E-state index contributed by atoms with van der Waals surface area (Å²) in [6.07, 6.45) is 6.31. The van der Waals surface area contributed by atoms with E-state index in [1.54, 1.807) is 12.1 Å². The van der Waals surface area contributed by atoms with Crippen molar-refractivity contribution in [3.05, 3.63) is 75.5 Å². The van der Waals surface area contributed by atoms with Crippen LogP contribution in [0.3, 0.4) is 0 Å². The fraction of sp³-hybridized carbons (Fsp3) is 0.375. The molecule has 0 amide bonds. The second-order valence-corrected chi connectivity index (χ2v) is 7.68. The monoisotopic (exact) mass is 392 g/mol. The molecule has 1 unspecified atom stereocenters. The first-order valence-electron chi connectivity index (χ1n) is 10.3. The number of para-hydroxylation sites is 1. The van der Waals surface area contributed by atoms with E-state index in [1.807, 2.05) is 25.1 Å². The van der Waals surface area contributed by atoms with Gasteiger partial charge in [-0.25, -0.2) is 0 Å². The van der Waals surface area contributed by atoms with Gasteiger partial charge in [0.1, 0.15) is 6.29 Å². The van der Waals surface area contributed by atoms with Crippen LogP contribution in [0.4, 0.5) is 5.69 Å². The van der Waals surface area contributed by atoms with Gasteiger partial charge in [0.2, 0.25) is 0 Å². The molecule has 29 heavy (non-hydrogen) atoms. The van der Waals surface area contributed by atoms with Crippen molar-refractivity contribution in [2.75, 3.05) is 0 Å². The lowest BCUT2D eigenvalue weighted by Crippen LogP contribution is -2.17. The molecular weight excluding hydrogens is 364 g/mol. The van der Waals surface area contributed by atoms with Crippen molar-refractivity contribution in [3.8, 4) is 0 Å². The summed E-state index contributed by atoms with van der Waals surface area (Å²) in [5, 5.41) is 12.2. The smallest absolute Gasteiger partial charge is 0.269 e. The quantitative estimate of drug-likeness (QED) is 0.190. The maximum atomic E-state index is 12.2. The highest BCUT2D eigenvalue weighted by atomic mass is 16.6. The Morgan fingerprint density at radius 3 is 2.45 bits per heavy atom. The number of benzene rings is 2. The molecule has 0 fully saturated rings. The summed E-state index contributed by atoms with van der Waals surface area (Å²) >= 11 is 0. The Morgan fingerprint density at radius 2 is 1.79 bits per heavy atom. The third-order valence-electron chi connectivity index (χ3n) is 5.71. The molecule has 0 radical (unpaired) electrons. The van der Waals surface area contributed by atoms with Gasteiger partial charge in [0.25, 0.3) is 5.69 Å². The van der Waals surface area contributed by atoms with Gasteiger partial charge in [-0.1, -0.05) is 62.9 Å². The SMILES string of the molecule is CCCCCC[C@H](C=O)C(c1ccc([N+](=O)[O-])cc1)c1c(C)[nH]c2ccccc12. The van der Waals surface area contributed by atoms with Crippen molar-refractivity contribution in [2.24, 2.45) is 5.92 Å². The number of H-pyrrole nitrogens is 1. The average Bonchev–Trinajstić information content (AvgIpc) is 3.06. The van der Waals surface area contributed by atoms with Gasteiger partial charge in [-0.15, -0.1) is 0 Å². The number of carbonyl (C=O) groups excluding carboxylic acids is 1. The number of nitro benzene ring substituents is 1. The van der Waals surface area contributed by atoms with Gasteiger partial charge in [-0.05, 0) is 30.5 Å². The first-order valence-corrected chi connectivity index (χ1v) is 10.3. The molecule has 1 N–H and O–H groups in total. The van der Waals surface area contributed by atoms with Gasteiger partial charge < -0.3 is 9.78 Å². The van der Waals surface area contributed by atoms with E-state index < -0.39 is 4.92 Å². The minimum atomic E-state index is -0.391. The van der Waals surface area contributed by atoms with Crippen LogP contribution in [0.15, 0.2) is 48.5 Å². The number of carbonyl (C=O) groups is 1. The maximum absolute atomic E-state index is 12.2. The number of hydrogen-bond acceptors (Lipinski definition) is 3. The number of fused-ring (bicyclic) bond motifs is 1. The number of aromatic nitrogens is 1. The summed E-state index contributed by atoms with van der Waals surface area (Å²) in [6, 6.07) is 14.8. The molecule has 0 aliphatic carbocycles. The molecule has 5 nitrogen and oxygen atoms in total. The van der Waals surface area contributed by atoms with Crippen molar-refractivity contribution in [1.82, 2.24) is 4.98 Å². The molecule has 3 aromatic rings. The van der Waals surface area contributed by atoms with Gasteiger partial charge in [-0.2, -0.15) is 0 Å². The minimum Gasteiger partial charge on any atom is -0.358 e. The lowest BCUT2D eigenvalue weighted by atomic mass is 9.78. The number of nitro groups is 1. The molecule has 0 bridgehead atoms. The van der Waals surface area contributed by atoms with Crippen LogP contribution in [0, 0.1) is 23.0 Å². The van der Waals surface area contributed by atoms with Gasteiger partial charge in [0.15, 0.2) is 0 Å². The molecule has 152 valence electrons. The Balaban J connectivity index is 2.06. The molecule has 0 aliphatic rings. The minimum absolute atomic E-state index is 0.0637. The molecule has 2 atom stereocenters. The zero-order valence-corrected chi connectivity index (χ0v) is 17.1. The molecule has 0 aliphatic heterocycles. The van der Waals surface area contributed by atoms with Crippen LogP contribution in [0.25, 0.3) is 10.9 Å². The van der Waals surface area contributed by atoms with E-state index in [0.29, 0.717) is 0 Å². The number of hydrogen-bond donors (Lipinski definition) is 1. The van der Waals surface area contributed by atoms with Gasteiger partial charge in [0, 0.05) is 40.6 Å². The van der Waals surface area contributed by atoms with E-state index in [4.69, 9.17) is 0 Å². The van der Waals surface area contributed by atoms with E-state index in [1.165, 1.54) is 18.6 Å². The Bertz CT molecular complexity index is 975. The molecule has 2 aromatic carbocycles. The molecule has 0 saturated carbocycles. The van der Waals surface area contributed by atoms with E-state index in [2.05, 4.69) is 18.0 Å². The van der Waals surface area contributed by atoms with Crippen LogP contribution in [-0.4, -0.2) is 16.2 Å². The van der Waals surface area contributed by atoms with Gasteiger partial charge in [-0.3, -0.25) is 10.1 Å². The third kappa shape index (κ3) is 4.56. The standard InChI is InChI=1S/C24H28N2O3/c1-3-4-5-6-9-19(16-27)24(18-12-14-20(15-13-18)26(28)29)23-17(2)25-22-11-8-7-10-21(22)23/h7-8,10-16,19,24-25H,3-6,9H2,1-2H3/t19-,24?/m1/s1. The largest absolute Gasteiger partial charge is 0.358 e. The number of aldehydes is 1. The second-order valence-electron chi connectivity index (χ2n) is 7.68. The zero-order chi connectivity index (χ0) is 20.8. The first-order chi connectivity index (χ1) is 14.1. The highest BCUT2D eigenvalue weighted by Crippen LogP contribution is 2.40. The summed E-state index contributed by atoms with van der Waals surface area (Å²) in [5.74, 6) is -0.308. The highest BCUT2D eigenvalue weighted by molar-refractivity contribution is 5.86. The Labute approximate surface area is 171 Å². The van der Waals surface area contributed by atoms with Crippen LogP contribution in [0.1, 0.15) is 61.8 Å². The van der Waals surface area contributed by atoms with Crippen LogP contribution in [-0.2, 0) is 4.79 Å². The predicted octanol–water partition coefficient (Wildman–Crippen LogP) is 6.30. The number of nitrogens with zero attached hydrogens (tertiary/aromatic N) is 1. The molecular formula is C24H28N2O3. The average molecular weight is 392 g/mol. The predicted molar refractivity (Wildman–Crippen MR) is 116 cm³/mol. The number of nitrogens with one attached hydrogen (secondary N) is 1. The number of aryl methyl sites for hydroxylation is 1. The Kier molecular flexibility index (Phi) is 6.81. The fourth-order valence-electron chi connectivity index (χ4n) is 4.25. The maximum Gasteiger partial charge on any atom is 0.269 e. The highest BCUT2D eigenvalue weighted by Gasteiger charge is 2.29. The van der Waals surface area contributed by atoms with Crippen LogP contribution in [0.2, 0.25) is 0 Å².